The van der Waals surface area contributed by atoms with Crippen LogP contribution in [0.5, 0.6) is 0 Å². The highest BCUT2D eigenvalue weighted by atomic mass is 35.5. The first-order chi connectivity index (χ1) is 7.18. The van der Waals surface area contributed by atoms with Gasteiger partial charge in [0.15, 0.2) is 0 Å². The maximum atomic E-state index is 13.3. The zero-order valence-corrected chi connectivity index (χ0v) is 8.85. The number of rotatable bonds is 3. The lowest BCUT2D eigenvalue weighted by Gasteiger charge is -2.25. The number of hydrogen-bond donors (Lipinski definition) is 1. The monoisotopic (exact) mass is 227 g/mol. The van der Waals surface area contributed by atoms with E-state index < -0.39 is 5.82 Å². The molecule has 0 radical (unpaired) electrons. The molecule has 0 bridgehead atoms. The number of halogens is 2. The molecular weight excluding hydrogens is 217 g/mol. The minimum Gasteiger partial charge on any atom is -0.315 e. The molecule has 1 aliphatic heterocycles. The Morgan fingerprint density at radius 1 is 1.53 bits per heavy atom. The van der Waals surface area contributed by atoms with Gasteiger partial charge in [-0.1, -0.05) is 17.7 Å². The lowest BCUT2D eigenvalue weighted by molar-refractivity contribution is -0.123. The number of carbonyl (C=O) groups is 1. The first-order valence-electron chi connectivity index (χ1n) is 4.85. The predicted octanol–water partition coefficient (Wildman–Crippen LogP) is 1.81. The van der Waals surface area contributed by atoms with Gasteiger partial charge in [-0.15, -0.1) is 0 Å². The summed E-state index contributed by atoms with van der Waals surface area (Å²) < 4.78 is 13.3. The van der Waals surface area contributed by atoms with Crippen LogP contribution in [0.4, 0.5) is 4.39 Å². The normalized spacial score (nSPS) is 16.1. The highest BCUT2D eigenvalue weighted by Crippen LogP contribution is 2.21. The zero-order valence-electron chi connectivity index (χ0n) is 8.09. The van der Waals surface area contributed by atoms with Crippen molar-refractivity contribution in [2.75, 3.05) is 13.1 Å². The van der Waals surface area contributed by atoms with Gasteiger partial charge in [-0.2, -0.15) is 0 Å². The Morgan fingerprint density at radius 3 is 2.80 bits per heavy atom. The number of Topliss-reactive ketones (excluding diaryl/α,β-unsaturated/α-hetero) is 1. The Bertz CT molecular complexity index is 370. The summed E-state index contributed by atoms with van der Waals surface area (Å²) in [6, 6.07) is 4.47. The summed E-state index contributed by atoms with van der Waals surface area (Å²) in [7, 11) is 0. The third-order valence-electron chi connectivity index (χ3n) is 2.65. The van der Waals surface area contributed by atoms with E-state index in [0.29, 0.717) is 23.7 Å². The number of carbonyl (C=O) groups excluding carboxylic acids is 1. The molecule has 0 spiro atoms. The summed E-state index contributed by atoms with van der Waals surface area (Å²) >= 11 is 5.83. The van der Waals surface area contributed by atoms with E-state index in [9.17, 15) is 9.18 Å². The number of ketones is 1. The Hall–Kier alpha value is -0.930. The van der Waals surface area contributed by atoms with Gasteiger partial charge in [0, 0.05) is 36.0 Å². The number of nitrogens with one attached hydrogen (secondary N) is 1. The van der Waals surface area contributed by atoms with Crippen LogP contribution < -0.4 is 5.32 Å². The average Bonchev–Trinajstić information content (AvgIpc) is 2.08. The fraction of sp³-hybridized carbons (Fsp3) is 0.364. The molecule has 0 unspecified atom stereocenters. The molecule has 1 saturated heterocycles. The molecule has 1 N–H and O–H groups in total. The Balaban J connectivity index is 2.12. The van der Waals surface area contributed by atoms with Gasteiger partial charge < -0.3 is 5.32 Å². The predicted molar refractivity (Wildman–Crippen MR) is 56.5 cm³/mol. The van der Waals surface area contributed by atoms with Crippen LogP contribution >= 0.6 is 11.6 Å². The topological polar surface area (TPSA) is 29.1 Å². The van der Waals surface area contributed by atoms with E-state index in [2.05, 4.69) is 5.32 Å². The van der Waals surface area contributed by atoms with E-state index in [-0.39, 0.29) is 18.1 Å². The molecule has 1 aromatic carbocycles. The molecule has 80 valence electrons. The SMILES string of the molecule is O=C(Cc1c(F)cccc1Cl)C1CNC1. The Morgan fingerprint density at radius 2 is 2.27 bits per heavy atom. The largest absolute Gasteiger partial charge is 0.315 e. The van der Waals surface area contributed by atoms with Crippen LogP contribution in [0.1, 0.15) is 5.56 Å². The molecule has 0 aliphatic carbocycles. The minimum atomic E-state index is -0.400. The van der Waals surface area contributed by atoms with Gasteiger partial charge in [-0.25, -0.2) is 4.39 Å². The van der Waals surface area contributed by atoms with Crippen molar-refractivity contribution in [3.05, 3.63) is 34.6 Å². The van der Waals surface area contributed by atoms with Crippen molar-refractivity contribution in [2.24, 2.45) is 5.92 Å². The Kier molecular flexibility index (Phi) is 3.03. The molecule has 4 heteroatoms. The average molecular weight is 228 g/mol. The quantitative estimate of drug-likeness (QED) is 0.854. The second-order valence-electron chi connectivity index (χ2n) is 3.70. The molecule has 1 aromatic rings. The van der Waals surface area contributed by atoms with Crippen molar-refractivity contribution in [3.63, 3.8) is 0 Å². The van der Waals surface area contributed by atoms with Gasteiger partial charge >= 0.3 is 0 Å². The fourth-order valence-electron chi connectivity index (χ4n) is 1.54. The molecule has 2 nitrogen and oxygen atoms in total. The number of benzene rings is 1. The van der Waals surface area contributed by atoms with Crippen LogP contribution in [-0.4, -0.2) is 18.9 Å². The molecule has 0 aromatic heterocycles. The van der Waals surface area contributed by atoms with Crippen molar-refractivity contribution in [1.82, 2.24) is 5.32 Å². The van der Waals surface area contributed by atoms with Gasteiger partial charge in [0.2, 0.25) is 0 Å². The van der Waals surface area contributed by atoms with Gasteiger partial charge in [-0.3, -0.25) is 4.79 Å². The Labute approximate surface area is 92.4 Å². The van der Waals surface area contributed by atoms with Crippen LogP contribution in [0.3, 0.4) is 0 Å². The molecular formula is C11H11ClFNO. The van der Waals surface area contributed by atoms with Gasteiger partial charge in [0.1, 0.15) is 11.6 Å². The molecule has 0 amide bonds. The van der Waals surface area contributed by atoms with E-state index >= 15 is 0 Å². The molecule has 1 heterocycles. The van der Waals surface area contributed by atoms with E-state index in [1.807, 2.05) is 0 Å². The van der Waals surface area contributed by atoms with Gasteiger partial charge in [0.25, 0.3) is 0 Å². The summed E-state index contributed by atoms with van der Waals surface area (Å²) in [6.07, 6.45) is 0.0951. The van der Waals surface area contributed by atoms with Gasteiger partial charge in [-0.05, 0) is 12.1 Å². The molecule has 2 rings (SSSR count). The molecule has 0 saturated carbocycles. The van der Waals surface area contributed by atoms with Crippen LogP contribution in [0.25, 0.3) is 0 Å². The smallest absolute Gasteiger partial charge is 0.143 e. The van der Waals surface area contributed by atoms with E-state index in [0.717, 1.165) is 0 Å². The lowest BCUT2D eigenvalue weighted by Crippen LogP contribution is -2.47. The minimum absolute atomic E-state index is 0.0284. The van der Waals surface area contributed by atoms with Gasteiger partial charge in [0.05, 0.1) is 0 Å². The summed E-state index contributed by atoms with van der Waals surface area (Å²) in [5, 5.41) is 3.34. The highest BCUT2D eigenvalue weighted by Gasteiger charge is 2.25. The highest BCUT2D eigenvalue weighted by molar-refractivity contribution is 6.31. The van der Waals surface area contributed by atoms with E-state index in [1.165, 1.54) is 12.1 Å². The van der Waals surface area contributed by atoms with E-state index in [1.54, 1.807) is 6.07 Å². The third kappa shape index (κ3) is 2.19. The van der Waals surface area contributed by atoms with Crippen molar-refractivity contribution in [1.29, 1.82) is 0 Å². The van der Waals surface area contributed by atoms with Crippen LogP contribution in [-0.2, 0) is 11.2 Å². The van der Waals surface area contributed by atoms with Crippen LogP contribution in [0.15, 0.2) is 18.2 Å². The zero-order chi connectivity index (χ0) is 10.8. The maximum Gasteiger partial charge on any atom is 0.143 e. The molecule has 0 atom stereocenters. The van der Waals surface area contributed by atoms with Crippen molar-refractivity contribution in [2.45, 2.75) is 6.42 Å². The summed E-state index contributed by atoms with van der Waals surface area (Å²) in [4.78, 5) is 11.6. The first kappa shape index (κ1) is 10.6. The molecule has 1 aliphatic rings. The standard InChI is InChI=1S/C11H11ClFNO/c12-9-2-1-3-10(13)8(9)4-11(15)7-5-14-6-7/h1-3,7,14H,4-6H2. The van der Waals surface area contributed by atoms with Crippen LogP contribution in [0, 0.1) is 11.7 Å². The first-order valence-corrected chi connectivity index (χ1v) is 5.22. The lowest BCUT2D eigenvalue weighted by atomic mass is 9.93. The molecule has 1 fully saturated rings. The second-order valence-corrected chi connectivity index (χ2v) is 4.11. The molecule has 15 heavy (non-hydrogen) atoms. The second kappa shape index (κ2) is 4.29. The van der Waals surface area contributed by atoms with Crippen molar-refractivity contribution < 1.29 is 9.18 Å². The maximum absolute atomic E-state index is 13.3. The summed E-state index contributed by atoms with van der Waals surface area (Å²) in [5.74, 6) is -0.315. The van der Waals surface area contributed by atoms with Crippen LogP contribution in [0.2, 0.25) is 5.02 Å². The third-order valence-corrected chi connectivity index (χ3v) is 3.00. The van der Waals surface area contributed by atoms with Crippen molar-refractivity contribution in [3.8, 4) is 0 Å². The van der Waals surface area contributed by atoms with E-state index in [4.69, 9.17) is 11.6 Å². The number of hydrogen-bond acceptors (Lipinski definition) is 2. The van der Waals surface area contributed by atoms with Crippen molar-refractivity contribution >= 4 is 17.4 Å². The summed E-state index contributed by atoms with van der Waals surface area (Å²) in [6.45, 7) is 1.40. The summed E-state index contributed by atoms with van der Waals surface area (Å²) in [5.41, 5.74) is 0.316. The fourth-order valence-corrected chi connectivity index (χ4v) is 1.77.